The van der Waals surface area contributed by atoms with Gasteiger partial charge in [0.2, 0.25) is 5.88 Å². The number of halogens is 3. The molecule has 1 unspecified atom stereocenters. The number of alkyl halides is 3. The molecule has 0 bridgehead atoms. The summed E-state index contributed by atoms with van der Waals surface area (Å²) in [5.41, 5.74) is 2.27. The summed E-state index contributed by atoms with van der Waals surface area (Å²) in [7, 11) is 1.54. The van der Waals surface area contributed by atoms with Gasteiger partial charge in [-0.15, -0.1) is 0 Å². The maximum atomic E-state index is 12.8. The van der Waals surface area contributed by atoms with Crippen molar-refractivity contribution < 1.29 is 37.3 Å². The maximum absolute atomic E-state index is 12.8. The lowest BCUT2D eigenvalue weighted by Gasteiger charge is -2.35. The minimum atomic E-state index is -4.20. The predicted molar refractivity (Wildman–Crippen MR) is 127 cm³/mol. The molecule has 1 fully saturated rings. The van der Waals surface area contributed by atoms with Crippen LogP contribution in [0.25, 0.3) is 0 Å². The third-order valence-corrected chi connectivity index (χ3v) is 6.85. The predicted octanol–water partition coefficient (Wildman–Crippen LogP) is 5.22. The molecule has 196 valence electrons. The van der Waals surface area contributed by atoms with Crippen LogP contribution in [0.2, 0.25) is 0 Å². The molecule has 1 atom stereocenters. The van der Waals surface area contributed by atoms with E-state index in [9.17, 15) is 23.1 Å². The van der Waals surface area contributed by atoms with Crippen molar-refractivity contribution in [3.63, 3.8) is 0 Å². The highest BCUT2D eigenvalue weighted by atomic mass is 19.4. The largest absolute Gasteiger partial charge is 0.497 e. The third-order valence-electron chi connectivity index (χ3n) is 6.85. The molecule has 2 aromatic rings. The number of carboxylic acid groups (broad SMARTS) is 1. The van der Waals surface area contributed by atoms with E-state index in [1.54, 1.807) is 31.5 Å². The number of hydrogen-bond donors (Lipinski definition) is 1. The molecule has 4 rings (SSSR count). The van der Waals surface area contributed by atoms with Crippen LogP contribution in [0, 0.1) is 5.92 Å². The molecule has 0 saturated carbocycles. The zero-order chi connectivity index (χ0) is 25.7. The Kier molecular flexibility index (Phi) is 8.11. The van der Waals surface area contributed by atoms with Crippen LogP contribution >= 0.6 is 0 Å². The first-order valence-corrected chi connectivity index (χ1v) is 12.2. The second-order valence-electron chi connectivity index (χ2n) is 9.34. The zero-order valence-corrected chi connectivity index (χ0v) is 20.2. The summed E-state index contributed by atoms with van der Waals surface area (Å²) in [4.78, 5) is 17.6. The Morgan fingerprint density at radius 2 is 2.00 bits per heavy atom. The number of ether oxygens (including phenoxy) is 3. The summed E-state index contributed by atoms with van der Waals surface area (Å²) in [5, 5.41) is 9.20. The van der Waals surface area contributed by atoms with E-state index < -0.39 is 18.6 Å². The molecule has 2 aliphatic rings. The Morgan fingerprint density at radius 1 is 1.22 bits per heavy atom. The van der Waals surface area contributed by atoms with Crippen LogP contribution < -0.4 is 19.1 Å². The SMILES string of the molecule is COc1ccc(CCC(F)(F)F)c(N2CCC(COc3cc4c(cn3)OCCC4CC(=O)O)CC2)c1. The lowest BCUT2D eigenvalue weighted by atomic mass is 9.91. The molecule has 1 aromatic heterocycles. The smallest absolute Gasteiger partial charge is 0.389 e. The second kappa shape index (κ2) is 11.3. The standard InChI is InChI=1S/C26H31F3N2O5/c1-34-20-3-2-18(4-8-26(27,28)29)22(13-20)31-9-5-17(6-10-31)16-36-24-14-21-19(12-25(32)33)7-11-35-23(21)15-30-24/h2-3,13-15,17,19H,4-12,16H2,1H3,(H,32,33). The van der Waals surface area contributed by atoms with Gasteiger partial charge >= 0.3 is 12.1 Å². The van der Waals surface area contributed by atoms with Crippen molar-refractivity contribution in [2.24, 2.45) is 5.92 Å². The third kappa shape index (κ3) is 6.73. The Hall–Kier alpha value is -3.17. The molecular weight excluding hydrogens is 477 g/mol. The Bertz CT molecular complexity index is 1050. The van der Waals surface area contributed by atoms with Gasteiger partial charge in [-0.05, 0) is 43.2 Å². The van der Waals surface area contributed by atoms with Crippen LogP contribution in [0.1, 0.15) is 49.1 Å². The monoisotopic (exact) mass is 508 g/mol. The van der Waals surface area contributed by atoms with Crippen molar-refractivity contribution in [3.05, 3.63) is 41.6 Å². The number of benzene rings is 1. The van der Waals surface area contributed by atoms with Crippen molar-refractivity contribution >= 4 is 11.7 Å². The van der Waals surface area contributed by atoms with Gasteiger partial charge in [0.15, 0.2) is 0 Å². The average molecular weight is 509 g/mol. The quantitative estimate of drug-likeness (QED) is 0.497. The van der Waals surface area contributed by atoms with Crippen molar-refractivity contribution in [2.45, 2.75) is 50.6 Å². The van der Waals surface area contributed by atoms with E-state index >= 15 is 0 Å². The van der Waals surface area contributed by atoms with Gasteiger partial charge in [0.1, 0.15) is 11.5 Å². The highest BCUT2D eigenvalue weighted by Gasteiger charge is 2.29. The minimum Gasteiger partial charge on any atom is -0.497 e. The van der Waals surface area contributed by atoms with Crippen LogP contribution in [-0.2, 0) is 11.2 Å². The summed E-state index contributed by atoms with van der Waals surface area (Å²) in [6, 6.07) is 7.02. The van der Waals surface area contributed by atoms with Gasteiger partial charge in [-0.3, -0.25) is 4.79 Å². The molecule has 0 amide bonds. The van der Waals surface area contributed by atoms with Crippen molar-refractivity contribution in [1.29, 1.82) is 0 Å². The highest BCUT2D eigenvalue weighted by Crippen LogP contribution is 2.37. The van der Waals surface area contributed by atoms with Gasteiger partial charge in [-0.1, -0.05) is 6.07 Å². The number of rotatable bonds is 9. The van der Waals surface area contributed by atoms with Crippen LogP contribution in [0.3, 0.4) is 0 Å². The number of fused-ring (bicyclic) bond motifs is 1. The number of hydrogen-bond acceptors (Lipinski definition) is 6. The van der Waals surface area contributed by atoms with Gasteiger partial charge in [0.25, 0.3) is 0 Å². The van der Waals surface area contributed by atoms with Gasteiger partial charge in [0, 0.05) is 48.8 Å². The lowest BCUT2D eigenvalue weighted by Crippen LogP contribution is -2.36. The summed E-state index contributed by atoms with van der Waals surface area (Å²) in [5.74, 6) is 0.960. The number of carboxylic acids is 1. The number of piperidine rings is 1. The average Bonchev–Trinajstić information content (AvgIpc) is 2.86. The van der Waals surface area contributed by atoms with E-state index in [4.69, 9.17) is 14.2 Å². The molecule has 7 nitrogen and oxygen atoms in total. The topological polar surface area (TPSA) is 81.1 Å². The van der Waals surface area contributed by atoms with Crippen LogP contribution in [0.4, 0.5) is 18.9 Å². The molecule has 2 aliphatic heterocycles. The number of aryl methyl sites for hydroxylation is 1. The maximum Gasteiger partial charge on any atom is 0.389 e. The summed E-state index contributed by atoms with van der Waals surface area (Å²) < 4.78 is 55.3. The molecule has 1 saturated heterocycles. The summed E-state index contributed by atoms with van der Waals surface area (Å²) in [6.45, 7) is 2.33. The summed E-state index contributed by atoms with van der Waals surface area (Å²) in [6.07, 6.45) is -1.22. The van der Waals surface area contributed by atoms with E-state index in [2.05, 4.69) is 9.88 Å². The molecule has 0 aliphatic carbocycles. The fourth-order valence-electron chi connectivity index (χ4n) is 4.84. The number of aromatic nitrogens is 1. The normalized spacial score (nSPS) is 18.3. The molecule has 10 heteroatoms. The molecular formula is C26H31F3N2O5. The number of aliphatic carboxylic acids is 1. The fraction of sp³-hybridized carbons (Fsp3) is 0.538. The van der Waals surface area contributed by atoms with Crippen LogP contribution in [0.5, 0.6) is 17.4 Å². The number of methoxy groups -OCH3 is 1. The van der Waals surface area contributed by atoms with E-state index in [0.717, 1.165) is 24.1 Å². The van der Waals surface area contributed by atoms with Crippen molar-refractivity contribution in [3.8, 4) is 17.4 Å². The van der Waals surface area contributed by atoms with Crippen LogP contribution in [-0.4, -0.2) is 55.6 Å². The van der Waals surface area contributed by atoms with E-state index in [0.29, 0.717) is 55.7 Å². The highest BCUT2D eigenvalue weighted by molar-refractivity contribution is 5.68. The van der Waals surface area contributed by atoms with Crippen LogP contribution in [0.15, 0.2) is 30.5 Å². The van der Waals surface area contributed by atoms with Crippen molar-refractivity contribution in [2.75, 3.05) is 38.3 Å². The summed E-state index contributed by atoms with van der Waals surface area (Å²) >= 11 is 0. The molecule has 3 heterocycles. The number of carbonyl (C=O) groups is 1. The van der Waals surface area contributed by atoms with Crippen molar-refractivity contribution in [1.82, 2.24) is 4.98 Å². The number of anilines is 1. The van der Waals surface area contributed by atoms with Gasteiger partial charge in [0.05, 0.1) is 32.9 Å². The zero-order valence-electron chi connectivity index (χ0n) is 20.2. The molecule has 1 N–H and O–H groups in total. The lowest BCUT2D eigenvalue weighted by molar-refractivity contribution is -0.137. The molecule has 0 spiro atoms. The van der Waals surface area contributed by atoms with E-state index in [1.165, 1.54) is 0 Å². The van der Waals surface area contributed by atoms with E-state index in [1.807, 2.05) is 6.07 Å². The Labute approximate surface area is 208 Å². The number of pyridine rings is 1. The molecule has 1 aromatic carbocycles. The Balaban J connectivity index is 1.35. The Morgan fingerprint density at radius 3 is 2.69 bits per heavy atom. The first-order valence-electron chi connectivity index (χ1n) is 12.2. The molecule has 36 heavy (non-hydrogen) atoms. The minimum absolute atomic E-state index is 0.0352. The fourth-order valence-corrected chi connectivity index (χ4v) is 4.84. The first-order chi connectivity index (χ1) is 17.2. The van der Waals surface area contributed by atoms with Gasteiger partial charge in [-0.25, -0.2) is 4.98 Å². The molecule has 0 radical (unpaired) electrons. The number of nitrogens with zero attached hydrogens (tertiary/aromatic N) is 2. The van der Waals surface area contributed by atoms with E-state index in [-0.39, 0.29) is 24.7 Å². The van der Waals surface area contributed by atoms with Gasteiger partial charge in [-0.2, -0.15) is 13.2 Å². The van der Waals surface area contributed by atoms with Gasteiger partial charge < -0.3 is 24.2 Å². The first kappa shape index (κ1) is 25.9. The second-order valence-corrected chi connectivity index (χ2v) is 9.34.